The molecule has 0 N–H and O–H groups in total. The first-order valence-electron chi connectivity index (χ1n) is 6.83. The van der Waals surface area contributed by atoms with E-state index in [0.29, 0.717) is 0 Å². The molecule has 3 rings (SSSR count). The second-order valence-corrected chi connectivity index (χ2v) is 5.74. The van der Waals surface area contributed by atoms with Crippen molar-refractivity contribution < 1.29 is 0 Å². The Bertz CT molecular complexity index is 557. The number of anilines is 1. The van der Waals surface area contributed by atoms with Crippen molar-refractivity contribution >= 4 is 22.9 Å². The third kappa shape index (κ3) is 2.99. The van der Waals surface area contributed by atoms with Gasteiger partial charge in [0, 0.05) is 24.2 Å². The third-order valence-electron chi connectivity index (χ3n) is 3.40. The summed E-state index contributed by atoms with van der Waals surface area (Å²) in [5.74, 6) is 1.06. The molecule has 0 unspecified atom stereocenters. The highest BCUT2D eigenvalue weighted by molar-refractivity contribution is 7.12. The molecule has 0 amide bonds. The first kappa shape index (κ1) is 13.1. The van der Waals surface area contributed by atoms with Gasteiger partial charge in [0.05, 0.1) is 18.8 Å². The zero-order valence-corrected chi connectivity index (χ0v) is 12.4. The van der Waals surface area contributed by atoms with Gasteiger partial charge in [-0.2, -0.15) is 5.10 Å². The summed E-state index contributed by atoms with van der Waals surface area (Å²) in [6.07, 6.45) is 1.85. The average molecular weight is 286 g/mol. The molecule has 0 bridgehead atoms. The van der Waals surface area contributed by atoms with E-state index >= 15 is 0 Å². The maximum Gasteiger partial charge on any atom is 0.128 e. The normalized spacial score (nSPS) is 16.6. The predicted molar refractivity (Wildman–Crippen MR) is 84.6 cm³/mol. The van der Waals surface area contributed by atoms with E-state index in [1.807, 2.05) is 18.3 Å². The van der Waals surface area contributed by atoms with Gasteiger partial charge < -0.3 is 4.90 Å². The maximum absolute atomic E-state index is 4.72. The molecule has 20 heavy (non-hydrogen) atoms. The fraction of sp³-hybridized carbons (Fsp3) is 0.333. The zero-order chi connectivity index (χ0) is 13.8. The molecule has 0 spiro atoms. The van der Waals surface area contributed by atoms with Crippen molar-refractivity contribution in [2.75, 3.05) is 31.1 Å². The topological polar surface area (TPSA) is 31.7 Å². The van der Waals surface area contributed by atoms with E-state index in [2.05, 4.69) is 45.4 Å². The first-order chi connectivity index (χ1) is 9.83. The van der Waals surface area contributed by atoms with Crippen molar-refractivity contribution in [3.8, 4) is 0 Å². The summed E-state index contributed by atoms with van der Waals surface area (Å²) in [6.45, 7) is 5.91. The van der Waals surface area contributed by atoms with Crippen LogP contribution in [-0.2, 0) is 0 Å². The fourth-order valence-electron chi connectivity index (χ4n) is 2.31. The van der Waals surface area contributed by atoms with Crippen molar-refractivity contribution in [3.05, 3.63) is 46.8 Å². The van der Waals surface area contributed by atoms with Gasteiger partial charge in [-0.1, -0.05) is 12.1 Å². The van der Waals surface area contributed by atoms with Crippen LogP contribution in [0.2, 0.25) is 0 Å². The lowest BCUT2D eigenvalue weighted by Crippen LogP contribution is -2.44. The third-order valence-corrected chi connectivity index (χ3v) is 4.38. The van der Waals surface area contributed by atoms with E-state index in [-0.39, 0.29) is 0 Å². The van der Waals surface area contributed by atoms with Crippen LogP contribution in [0.4, 0.5) is 5.82 Å². The Kier molecular flexibility index (Phi) is 3.97. The van der Waals surface area contributed by atoms with Gasteiger partial charge in [0.2, 0.25) is 0 Å². The molecule has 104 valence electrons. The van der Waals surface area contributed by atoms with Crippen LogP contribution in [0.3, 0.4) is 0 Å². The molecule has 1 fully saturated rings. The zero-order valence-electron chi connectivity index (χ0n) is 11.6. The molecule has 0 saturated carbocycles. The Balaban J connectivity index is 1.60. The van der Waals surface area contributed by atoms with Crippen LogP contribution >= 0.6 is 11.3 Å². The summed E-state index contributed by atoms with van der Waals surface area (Å²) in [6, 6.07) is 10.2. The molecular weight excluding hydrogens is 268 g/mol. The first-order valence-corrected chi connectivity index (χ1v) is 7.71. The van der Waals surface area contributed by atoms with E-state index in [4.69, 9.17) is 5.10 Å². The molecule has 1 saturated heterocycles. The van der Waals surface area contributed by atoms with E-state index in [1.165, 1.54) is 4.88 Å². The van der Waals surface area contributed by atoms with Crippen molar-refractivity contribution in [1.29, 1.82) is 0 Å². The van der Waals surface area contributed by atoms with Crippen molar-refractivity contribution in [3.63, 3.8) is 0 Å². The molecule has 3 heterocycles. The second-order valence-electron chi connectivity index (χ2n) is 4.79. The number of piperazine rings is 1. The highest BCUT2D eigenvalue weighted by Gasteiger charge is 2.16. The molecule has 0 atom stereocenters. The summed E-state index contributed by atoms with van der Waals surface area (Å²) >= 11 is 1.74. The van der Waals surface area contributed by atoms with Gasteiger partial charge in [-0.15, -0.1) is 11.3 Å². The molecule has 2 aromatic rings. The van der Waals surface area contributed by atoms with Crippen LogP contribution in [0.1, 0.15) is 11.8 Å². The van der Waals surface area contributed by atoms with Crippen LogP contribution in [0.15, 0.2) is 47.0 Å². The minimum Gasteiger partial charge on any atom is -0.353 e. The van der Waals surface area contributed by atoms with E-state index in [9.17, 15) is 0 Å². The lowest BCUT2D eigenvalue weighted by atomic mass is 10.3. The number of hydrazone groups is 1. The Labute approximate surface area is 123 Å². The summed E-state index contributed by atoms with van der Waals surface area (Å²) < 4.78 is 0. The minimum atomic E-state index is 0.944. The maximum atomic E-state index is 4.72. The number of aromatic nitrogens is 1. The van der Waals surface area contributed by atoms with Crippen LogP contribution in [-0.4, -0.2) is 41.9 Å². The van der Waals surface area contributed by atoms with Gasteiger partial charge in [-0.25, -0.2) is 4.98 Å². The van der Waals surface area contributed by atoms with Gasteiger partial charge in [0.15, 0.2) is 0 Å². The van der Waals surface area contributed by atoms with Crippen LogP contribution in [0.5, 0.6) is 0 Å². The van der Waals surface area contributed by atoms with Gasteiger partial charge in [-0.3, -0.25) is 5.01 Å². The average Bonchev–Trinajstić information content (AvgIpc) is 3.03. The van der Waals surface area contributed by atoms with Gasteiger partial charge in [0.25, 0.3) is 0 Å². The monoisotopic (exact) mass is 286 g/mol. The number of hydrogen-bond acceptors (Lipinski definition) is 5. The lowest BCUT2D eigenvalue weighted by Gasteiger charge is -2.34. The van der Waals surface area contributed by atoms with Crippen molar-refractivity contribution in [2.24, 2.45) is 5.10 Å². The van der Waals surface area contributed by atoms with Crippen LogP contribution < -0.4 is 4.90 Å². The van der Waals surface area contributed by atoms with Crippen LogP contribution in [0.25, 0.3) is 0 Å². The Morgan fingerprint density at radius 3 is 2.65 bits per heavy atom. The smallest absolute Gasteiger partial charge is 0.128 e. The molecule has 5 heteroatoms. The minimum absolute atomic E-state index is 0.944. The quantitative estimate of drug-likeness (QED) is 0.813. The molecule has 4 nitrogen and oxygen atoms in total. The van der Waals surface area contributed by atoms with Crippen LogP contribution in [0, 0.1) is 0 Å². The Morgan fingerprint density at radius 1 is 1.15 bits per heavy atom. The highest BCUT2D eigenvalue weighted by atomic mass is 32.1. The van der Waals surface area contributed by atoms with Crippen molar-refractivity contribution in [1.82, 2.24) is 9.99 Å². The largest absolute Gasteiger partial charge is 0.353 e. The fourth-order valence-corrected chi connectivity index (χ4v) is 2.98. The second kappa shape index (κ2) is 6.05. The Hall–Kier alpha value is -1.88. The molecule has 1 aliphatic heterocycles. The number of thiophene rings is 1. The van der Waals surface area contributed by atoms with Gasteiger partial charge in [0.1, 0.15) is 5.82 Å². The SMILES string of the molecule is CC(=NN1CCN(c2ccccn2)CC1)c1cccs1. The molecule has 0 radical (unpaired) electrons. The molecule has 0 aliphatic carbocycles. The lowest BCUT2D eigenvalue weighted by molar-refractivity contribution is 0.270. The number of hydrogen-bond donors (Lipinski definition) is 0. The van der Waals surface area contributed by atoms with E-state index in [1.54, 1.807) is 11.3 Å². The summed E-state index contributed by atoms with van der Waals surface area (Å²) in [7, 11) is 0. The van der Waals surface area contributed by atoms with Gasteiger partial charge >= 0.3 is 0 Å². The number of nitrogens with zero attached hydrogens (tertiary/aromatic N) is 4. The highest BCUT2D eigenvalue weighted by Crippen LogP contribution is 2.14. The van der Waals surface area contributed by atoms with Crippen molar-refractivity contribution in [2.45, 2.75) is 6.92 Å². The van der Waals surface area contributed by atoms with Gasteiger partial charge in [-0.05, 0) is 30.5 Å². The van der Waals surface area contributed by atoms with E-state index < -0.39 is 0 Å². The summed E-state index contributed by atoms with van der Waals surface area (Å²) in [4.78, 5) is 7.96. The summed E-state index contributed by atoms with van der Waals surface area (Å²) in [5, 5.41) is 8.97. The molecule has 1 aliphatic rings. The molecular formula is C15H18N4S. The number of rotatable bonds is 3. The standard InChI is InChI=1S/C15H18N4S/c1-13(14-5-4-12-20-14)17-19-10-8-18(9-11-19)15-6-2-3-7-16-15/h2-7,12H,8-11H2,1H3. The molecule has 0 aromatic carbocycles. The summed E-state index contributed by atoms with van der Waals surface area (Å²) in [5.41, 5.74) is 1.10. The molecule has 2 aromatic heterocycles. The number of pyridine rings is 1. The van der Waals surface area contributed by atoms with E-state index in [0.717, 1.165) is 37.7 Å². The predicted octanol–water partition coefficient (Wildman–Crippen LogP) is 2.69. The Morgan fingerprint density at radius 2 is 2.00 bits per heavy atom.